The van der Waals surface area contributed by atoms with E-state index >= 15 is 0 Å². The minimum atomic E-state index is -0.243. The Labute approximate surface area is 126 Å². The summed E-state index contributed by atoms with van der Waals surface area (Å²) >= 11 is 3.43. The zero-order valence-corrected chi connectivity index (χ0v) is 13.2. The number of rotatable bonds is 6. The number of benzene rings is 1. The number of nitrogens with zero attached hydrogens (tertiary/aromatic N) is 3. The molecule has 1 N–H and O–H groups in total. The third kappa shape index (κ3) is 3.43. The molecule has 2 aromatic rings. The summed E-state index contributed by atoms with van der Waals surface area (Å²) in [6, 6.07) is 4.85. The molecule has 0 aliphatic carbocycles. The van der Waals surface area contributed by atoms with Crippen LogP contribution in [0.5, 0.6) is 0 Å². The minimum absolute atomic E-state index is 0.0736. The van der Waals surface area contributed by atoms with E-state index in [2.05, 4.69) is 38.3 Å². The summed E-state index contributed by atoms with van der Waals surface area (Å²) in [5.41, 5.74) is 1.03. The van der Waals surface area contributed by atoms with Crippen LogP contribution in [-0.4, -0.2) is 21.3 Å². The second-order valence-corrected chi connectivity index (χ2v) is 5.33. The van der Waals surface area contributed by atoms with Crippen LogP contribution in [-0.2, 0) is 13.0 Å². The Morgan fingerprint density at radius 1 is 1.40 bits per heavy atom. The maximum absolute atomic E-state index is 13.2. The Morgan fingerprint density at radius 3 is 2.85 bits per heavy atom. The highest BCUT2D eigenvalue weighted by Gasteiger charge is 2.17. The van der Waals surface area contributed by atoms with Crippen LogP contribution in [0.2, 0.25) is 0 Å². The number of aromatic nitrogens is 3. The van der Waals surface area contributed by atoms with Crippen molar-refractivity contribution in [2.45, 2.75) is 32.9 Å². The Balaban J connectivity index is 2.27. The second kappa shape index (κ2) is 6.95. The molecule has 0 aliphatic heterocycles. The monoisotopic (exact) mass is 340 g/mol. The van der Waals surface area contributed by atoms with E-state index in [1.807, 2.05) is 11.6 Å². The molecule has 1 heterocycles. The first-order chi connectivity index (χ1) is 9.65. The molecule has 0 spiro atoms. The van der Waals surface area contributed by atoms with Gasteiger partial charge < -0.3 is 5.32 Å². The van der Waals surface area contributed by atoms with Crippen molar-refractivity contribution in [1.82, 2.24) is 20.1 Å². The summed E-state index contributed by atoms with van der Waals surface area (Å²) < 4.78 is 15.9. The average Bonchev–Trinajstić information content (AvgIpc) is 2.85. The smallest absolute Gasteiger partial charge is 0.138 e. The third-order valence-corrected chi connectivity index (χ3v) is 3.86. The van der Waals surface area contributed by atoms with Gasteiger partial charge in [-0.2, -0.15) is 5.10 Å². The van der Waals surface area contributed by atoms with Crippen LogP contribution in [0.15, 0.2) is 29.0 Å². The van der Waals surface area contributed by atoms with Gasteiger partial charge in [-0.3, -0.25) is 4.68 Å². The number of nitrogens with one attached hydrogen (secondary N) is 1. The van der Waals surface area contributed by atoms with Crippen molar-refractivity contribution in [2.75, 3.05) is 6.54 Å². The molecule has 4 nitrogen and oxygen atoms in total. The predicted molar refractivity (Wildman–Crippen MR) is 79.9 cm³/mol. The molecule has 1 aromatic carbocycles. The van der Waals surface area contributed by atoms with Crippen molar-refractivity contribution >= 4 is 15.9 Å². The van der Waals surface area contributed by atoms with Crippen molar-refractivity contribution in [3.63, 3.8) is 0 Å². The summed E-state index contributed by atoms with van der Waals surface area (Å²) in [4.78, 5) is 4.30. The second-order valence-electron chi connectivity index (χ2n) is 4.47. The lowest BCUT2D eigenvalue weighted by Gasteiger charge is -2.19. The van der Waals surface area contributed by atoms with Crippen LogP contribution in [0, 0.1) is 5.82 Å². The van der Waals surface area contributed by atoms with E-state index in [0.29, 0.717) is 6.42 Å². The highest BCUT2D eigenvalue weighted by molar-refractivity contribution is 9.10. The highest BCUT2D eigenvalue weighted by atomic mass is 79.9. The summed E-state index contributed by atoms with van der Waals surface area (Å²) in [6.07, 6.45) is 2.29. The first kappa shape index (κ1) is 15.1. The molecule has 0 bridgehead atoms. The van der Waals surface area contributed by atoms with E-state index in [-0.39, 0.29) is 11.9 Å². The van der Waals surface area contributed by atoms with Crippen LogP contribution in [0.4, 0.5) is 4.39 Å². The summed E-state index contributed by atoms with van der Waals surface area (Å²) in [6.45, 7) is 5.71. The first-order valence-electron chi connectivity index (χ1n) is 6.70. The predicted octanol–water partition coefficient (Wildman–Crippen LogP) is 3.09. The van der Waals surface area contributed by atoms with E-state index in [1.54, 1.807) is 12.4 Å². The fourth-order valence-electron chi connectivity index (χ4n) is 2.22. The van der Waals surface area contributed by atoms with Gasteiger partial charge in [0, 0.05) is 23.5 Å². The van der Waals surface area contributed by atoms with Gasteiger partial charge in [0.05, 0.1) is 0 Å². The lowest BCUT2D eigenvalue weighted by Crippen LogP contribution is -2.25. The van der Waals surface area contributed by atoms with Crippen molar-refractivity contribution in [3.05, 3.63) is 46.2 Å². The SMILES string of the molecule is CCNC(Cc1ncnn1CC)c1ccc(F)cc1Br. The Kier molecular flexibility index (Phi) is 5.25. The van der Waals surface area contributed by atoms with Gasteiger partial charge in [-0.1, -0.05) is 28.9 Å². The van der Waals surface area contributed by atoms with Crippen molar-refractivity contribution in [1.29, 1.82) is 0 Å². The first-order valence-corrected chi connectivity index (χ1v) is 7.50. The van der Waals surface area contributed by atoms with Gasteiger partial charge in [0.2, 0.25) is 0 Å². The lowest BCUT2D eigenvalue weighted by atomic mass is 10.0. The van der Waals surface area contributed by atoms with Gasteiger partial charge in [-0.25, -0.2) is 9.37 Å². The molecule has 6 heteroatoms. The normalized spacial score (nSPS) is 12.6. The van der Waals surface area contributed by atoms with Crippen LogP contribution < -0.4 is 5.32 Å². The molecule has 0 radical (unpaired) electrons. The number of hydrogen-bond donors (Lipinski definition) is 1. The van der Waals surface area contributed by atoms with Crippen molar-refractivity contribution in [3.8, 4) is 0 Å². The van der Waals surface area contributed by atoms with E-state index in [9.17, 15) is 4.39 Å². The summed E-state index contributed by atoms with van der Waals surface area (Å²) in [5.74, 6) is 0.683. The number of aryl methyl sites for hydroxylation is 1. The number of halogens is 2. The fraction of sp³-hybridized carbons (Fsp3) is 0.429. The Morgan fingerprint density at radius 2 is 2.20 bits per heavy atom. The largest absolute Gasteiger partial charge is 0.310 e. The van der Waals surface area contributed by atoms with Crippen LogP contribution in [0.3, 0.4) is 0 Å². The van der Waals surface area contributed by atoms with Gasteiger partial charge in [-0.05, 0) is 31.2 Å². The van der Waals surface area contributed by atoms with Crippen LogP contribution in [0.25, 0.3) is 0 Å². The highest BCUT2D eigenvalue weighted by Crippen LogP contribution is 2.26. The van der Waals surface area contributed by atoms with E-state index in [4.69, 9.17) is 0 Å². The molecule has 2 rings (SSSR count). The molecule has 20 heavy (non-hydrogen) atoms. The molecule has 0 saturated carbocycles. The van der Waals surface area contributed by atoms with Gasteiger partial charge in [-0.15, -0.1) is 0 Å². The lowest BCUT2D eigenvalue weighted by molar-refractivity contribution is 0.507. The molecular weight excluding hydrogens is 323 g/mol. The Hall–Kier alpha value is -1.27. The molecular formula is C14H18BrFN4. The van der Waals surface area contributed by atoms with Crippen molar-refractivity contribution in [2.24, 2.45) is 0 Å². The zero-order valence-electron chi connectivity index (χ0n) is 11.6. The average molecular weight is 341 g/mol. The van der Waals surface area contributed by atoms with Gasteiger partial charge in [0.15, 0.2) is 0 Å². The van der Waals surface area contributed by atoms with Crippen molar-refractivity contribution < 1.29 is 4.39 Å². The minimum Gasteiger partial charge on any atom is -0.310 e. The topological polar surface area (TPSA) is 42.7 Å². The maximum atomic E-state index is 13.2. The van der Waals surface area contributed by atoms with Gasteiger partial charge in [0.1, 0.15) is 18.0 Å². The fourth-order valence-corrected chi connectivity index (χ4v) is 2.84. The quantitative estimate of drug-likeness (QED) is 0.878. The van der Waals surface area contributed by atoms with E-state index in [0.717, 1.165) is 29.0 Å². The standard InChI is InChI=1S/C14H18BrFN4/c1-3-17-13(8-14-18-9-19-20(14)4-2)11-6-5-10(16)7-12(11)15/h5-7,9,13,17H,3-4,8H2,1-2H3. The summed E-state index contributed by atoms with van der Waals surface area (Å²) in [7, 11) is 0. The molecule has 1 atom stereocenters. The Bertz CT molecular complexity index is 570. The molecule has 1 unspecified atom stereocenters. The van der Waals surface area contributed by atoms with E-state index < -0.39 is 0 Å². The number of hydrogen-bond acceptors (Lipinski definition) is 3. The van der Waals surface area contributed by atoms with Gasteiger partial charge in [0.25, 0.3) is 0 Å². The number of likely N-dealkylation sites (N-methyl/N-ethyl adjacent to an activating group) is 1. The molecule has 0 saturated heterocycles. The zero-order chi connectivity index (χ0) is 14.5. The van der Waals surface area contributed by atoms with Crippen LogP contribution in [0.1, 0.15) is 31.3 Å². The summed E-state index contributed by atoms with van der Waals surface area (Å²) in [5, 5.41) is 7.60. The molecule has 1 aromatic heterocycles. The molecule has 0 aliphatic rings. The maximum Gasteiger partial charge on any atom is 0.138 e. The molecule has 108 valence electrons. The third-order valence-electron chi connectivity index (χ3n) is 3.17. The molecule has 0 fully saturated rings. The van der Waals surface area contributed by atoms with Gasteiger partial charge >= 0.3 is 0 Å². The van der Waals surface area contributed by atoms with Crippen LogP contribution >= 0.6 is 15.9 Å². The molecule has 0 amide bonds. The van der Waals surface area contributed by atoms with E-state index in [1.165, 1.54) is 12.1 Å².